The van der Waals surface area contributed by atoms with Gasteiger partial charge in [-0.2, -0.15) is 0 Å². The molecule has 0 aromatic heterocycles. The van der Waals surface area contributed by atoms with E-state index in [1.54, 1.807) is 0 Å². The zero-order valence-electron chi connectivity index (χ0n) is 6.73. The summed E-state index contributed by atoms with van der Waals surface area (Å²) in [6.07, 6.45) is 7.53. The van der Waals surface area contributed by atoms with E-state index in [0.717, 1.165) is 6.42 Å². The highest BCUT2D eigenvalue weighted by Crippen LogP contribution is 1.97. The maximum Gasteiger partial charge on any atom is 0.0928 e. The zero-order chi connectivity index (χ0) is 7.82. The molecule has 10 heavy (non-hydrogen) atoms. The fourth-order valence-electron chi connectivity index (χ4n) is 0.722. The van der Waals surface area contributed by atoms with Gasteiger partial charge >= 0.3 is 0 Å². The molecular formula is C9H15F. The maximum absolute atomic E-state index is 11.6. The van der Waals surface area contributed by atoms with Gasteiger partial charge in [-0.1, -0.05) is 30.7 Å². The summed E-state index contributed by atoms with van der Waals surface area (Å²) in [5.74, 6) is 0. The van der Waals surface area contributed by atoms with Crippen molar-refractivity contribution in [3.63, 3.8) is 0 Å². The largest absolute Gasteiger partial charge is 0.251 e. The Morgan fingerprint density at radius 2 is 2.20 bits per heavy atom. The molecule has 0 fully saturated rings. The predicted molar refractivity (Wildman–Crippen MR) is 43.8 cm³/mol. The average Bonchev–Trinajstić information content (AvgIpc) is 1.89. The van der Waals surface area contributed by atoms with E-state index in [9.17, 15) is 4.39 Å². The van der Waals surface area contributed by atoms with Crippen molar-refractivity contribution in [1.82, 2.24) is 0 Å². The highest BCUT2D eigenvalue weighted by atomic mass is 19.1. The molecule has 0 atom stereocenters. The summed E-state index contributed by atoms with van der Waals surface area (Å²) >= 11 is 0. The first-order valence-corrected chi connectivity index (χ1v) is 3.70. The van der Waals surface area contributed by atoms with Crippen molar-refractivity contribution < 1.29 is 4.39 Å². The second kappa shape index (κ2) is 6.53. The molecular weight excluding hydrogens is 127 g/mol. The van der Waals surface area contributed by atoms with Gasteiger partial charge in [0.05, 0.1) is 6.67 Å². The molecule has 0 aliphatic heterocycles. The molecule has 0 saturated heterocycles. The van der Waals surface area contributed by atoms with E-state index in [0.29, 0.717) is 6.42 Å². The van der Waals surface area contributed by atoms with Crippen molar-refractivity contribution in [2.75, 3.05) is 6.67 Å². The molecule has 0 saturated carbocycles. The minimum atomic E-state index is -0.254. The number of hydrogen-bond donors (Lipinski definition) is 0. The fraction of sp³-hybridized carbons (Fsp3) is 0.556. The average molecular weight is 142 g/mol. The van der Waals surface area contributed by atoms with Gasteiger partial charge < -0.3 is 0 Å². The van der Waals surface area contributed by atoms with E-state index in [1.807, 2.05) is 19.1 Å². The SMILES string of the molecule is CCC=C(C)C=CCCF. The second-order valence-corrected chi connectivity index (χ2v) is 2.24. The van der Waals surface area contributed by atoms with Crippen LogP contribution < -0.4 is 0 Å². The lowest BCUT2D eigenvalue weighted by Gasteiger charge is -1.88. The monoisotopic (exact) mass is 142 g/mol. The van der Waals surface area contributed by atoms with Crippen molar-refractivity contribution >= 4 is 0 Å². The standard InChI is InChI=1S/C9H15F/c1-3-6-9(2)7-4-5-8-10/h4,6-7H,3,5,8H2,1-2H3. The summed E-state index contributed by atoms with van der Waals surface area (Å²) in [6.45, 7) is 3.86. The van der Waals surface area contributed by atoms with E-state index in [1.165, 1.54) is 5.57 Å². The molecule has 0 amide bonds. The van der Waals surface area contributed by atoms with E-state index >= 15 is 0 Å². The number of rotatable bonds is 4. The molecule has 0 unspecified atom stereocenters. The molecule has 0 aromatic rings. The van der Waals surface area contributed by atoms with Gasteiger partial charge in [-0.25, -0.2) is 0 Å². The summed E-state index contributed by atoms with van der Waals surface area (Å²) in [5, 5.41) is 0. The highest BCUT2D eigenvalue weighted by molar-refractivity contribution is 5.15. The summed E-state index contributed by atoms with van der Waals surface area (Å²) in [4.78, 5) is 0. The molecule has 0 aliphatic rings. The van der Waals surface area contributed by atoms with Crippen LogP contribution >= 0.6 is 0 Å². The van der Waals surface area contributed by atoms with E-state index in [2.05, 4.69) is 13.0 Å². The molecule has 0 radical (unpaired) electrons. The highest BCUT2D eigenvalue weighted by Gasteiger charge is 1.78. The second-order valence-electron chi connectivity index (χ2n) is 2.24. The third-order valence-corrected chi connectivity index (χ3v) is 1.18. The number of halogens is 1. The first kappa shape index (κ1) is 9.41. The molecule has 0 heterocycles. The normalized spacial score (nSPS) is 12.9. The Labute approximate surface area is 62.4 Å². The van der Waals surface area contributed by atoms with Gasteiger partial charge in [0, 0.05) is 0 Å². The van der Waals surface area contributed by atoms with Crippen LogP contribution in [0.25, 0.3) is 0 Å². The molecule has 0 aromatic carbocycles. The molecule has 0 nitrogen and oxygen atoms in total. The van der Waals surface area contributed by atoms with Gasteiger partial charge in [0.2, 0.25) is 0 Å². The van der Waals surface area contributed by atoms with Crippen molar-refractivity contribution in [3.05, 3.63) is 23.8 Å². The Kier molecular flexibility index (Phi) is 6.14. The van der Waals surface area contributed by atoms with Crippen LogP contribution in [0, 0.1) is 0 Å². The van der Waals surface area contributed by atoms with Crippen molar-refractivity contribution in [2.24, 2.45) is 0 Å². The Morgan fingerprint density at radius 3 is 2.70 bits per heavy atom. The third-order valence-electron chi connectivity index (χ3n) is 1.18. The quantitative estimate of drug-likeness (QED) is 0.528. The van der Waals surface area contributed by atoms with Crippen LogP contribution in [-0.4, -0.2) is 6.67 Å². The van der Waals surface area contributed by atoms with Crippen LogP contribution in [0.2, 0.25) is 0 Å². The summed E-state index contributed by atoms with van der Waals surface area (Å²) in [5.41, 5.74) is 1.22. The van der Waals surface area contributed by atoms with E-state index < -0.39 is 0 Å². The predicted octanol–water partition coefficient (Wildman–Crippen LogP) is 3.26. The molecule has 0 aliphatic carbocycles. The minimum Gasteiger partial charge on any atom is -0.251 e. The van der Waals surface area contributed by atoms with Gasteiger partial charge in [0.1, 0.15) is 0 Å². The molecule has 0 N–H and O–H groups in total. The number of allylic oxidation sites excluding steroid dienone is 4. The summed E-state index contributed by atoms with van der Waals surface area (Å²) < 4.78 is 11.6. The first-order valence-electron chi connectivity index (χ1n) is 3.70. The first-order chi connectivity index (χ1) is 4.81. The van der Waals surface area contributed by atoms with Gasteiger partial charge in [-0.15, -0.1) is 0 Å². The Bertz CT molecular complexity index is 123. The van der Waals surface area contributed by atoms with Gasteiger partial charge in [-0.05, 0) is 19.8 Å². The van der Waals surface area contributed by atoms with Crippen LogP contribution in [0.1, 0.15) is 26.7 Å². The van der Waals surface area contributed by atoms with Crippen molar-refractivity contribution in [1.29, 1.82) is 0 Å². The fourth-order valence-corrected chi connectivity index (χ4v) is 0.722. The minimum absolute atomic E-state index is 0.254. The Morgan fingerprint density at radius 1 is 1.50 bits per heavy atom. The van der Waals surface area contributed by atoms with Crippen LogP contribution in [-0.2, 0) is 0 Å². The van der Waals surface area contributed by atoms with E-state index in [4.69, 9.17) is 0 Å². The maximum atomic E-state index is 11.6. The van der Waals surface area contributed by atoms with Crippen LogP contribution in [0.5, 0.6) is 0 Å². The molecule has 0 rings (SSSR count). The van der Waals surface area contributed by atoms with Crippen LogP contribution in [0.15, 0.2) is 23.8 Å². The van der Waals surface area contributed by atoms with Crippen molar-refractivity contribution in [3.8, 4) is 0 Å². The van der Waals surface area contributed by atoms with Gasteiger partial charge in [0.25, 0.3) is 0 Å². The number of alkyl halides is 1. The molecule has 0 spiro atoms. The van der Waals surface area contributed by atoms with Gasteiger partial charge in [0.15, 0.2) is 0 Å². The van der Waals surface area contributed by atoms with E-state index in [-0.39, 0.29) is 6.67 Å². The lowest BCUT2D eigenvalue weighted by atomic mass is 10.2. The molecule has 0 bridgehead atoms. The summed E-state index contributed by atoms with van der Waals surface area (Å²) in [6, 6.07) is 0. The summed E-state index contributed by atoms with van der Waals surface area (Å²) in [7, 11) is 0. The van der Waals surface area contributed by atoms with Gasteiger partial charge in [-0.3, -0.25) is 4.39 Å². The third kappa shape index (κ3) is 5.54. The van der Waals surface area contributed by atoms with Crippen LogP contribution in [0.3, 0.4) is 0 Å². The zero-order valence-corrected chi connectivity index (χ0v) is 6.73. The number of hydrogen-bond acceptors (Lipinski definition) is 0. The van der Waals surface area contributed by atoms with Crippen molar-refractivity contribution in [2.45, 2.75) is 26.7 Å². The lowest BCUT2D eigenvalue weighted by Crippen LogP contribution is -1.70. The molecule has 1 heteroatoms. The smallest absolute Gasteiger partial charge is 0.0928 e. The van der Waals surface area contributed by atoms with Crippen LogP contribution in [0.4, 0.5) is 4.39 Å². The Hall–Kier alpha value is -0.590. The Balaban J connectivity index is 3.55. The topological polar surface area (TPSA) is 0 Å². The molecule has 58 valence electrons. The lowest BCUT2D eigenvalue weighted by molar-refractivity contribution is 0.501.